The number of nitrogens with zero attached hydrogens (tertiary/aromatic N) is 6. The van der Waals surface area contributed by atoms with Gasteiger partial charge in [0.2, 0.25) is 18.7 Å². The predicted octanol–water partition coefficient (Wildman–Crippen LogP) is 0.154. The van der Waals surface area contributed by atoms with E-state index in [0.29, 0.717) is 0 Å². The van der Waals surface area contributed by atoms with E-state index in [1.54, 1.807) is 20.8 Å². The van der Waals surface area contributed by atoms with Crippen molar-refractivity contribution >= 4 is 55.8 Å². The average Bonchev–Trinajstić information content (AvgIpc) is 3.87. The van der Waals surface area contributed by atoms with Crippen LogP contribution < -0.4 is 22.6 Å². The van der Waals surface area contributed by atoms with Crippen molar-refractivity contribution in [2.24, 2.45) is 5.41 Å². The van der Waals surface area contributed by atoms with Gasteiger partial charge in [0.15, 0.2) is 41.0 Å². The highest BCUT2D eigenvalue weighted by atomic mass is 31.2. The zero-order valence-corrected chi connectivity index (χ0v) is 31.0. The van der Waals surface area contributed by atoms with E-state index in [4.69, 9.17) is 52.8 Å². The summed E-state index contributed by atoms with van der Waals surface area (Å²) in [5.74, 6) is -1.39. The number of hydrogen-bond acceptors (Lipinski definition) is 21. The van der Waals surface area contributed by atoms with Gasteiger partial charge in [0.25, 0.3) is 11.1 Å². The molecule has 55 heavy (non-hydrogen) atoms. The van der Waals surface area contributed by atoms with Crippen LogP contribution in [0.25, 0.3) is 22.3 Å². The van der Waals surface area contributed by atoms with Gasteiger partial charge in [-0.05, 0) is 20.8 Å². The number of aliphatic hydroxyl groups is 1. The summed E-state index contributed by atoms with van der Waals surface area (Å²) in [4.78, 5) is 58.1. The number of ether oxygens (including phenoxy) is 3. The highest BCUT2D eigenvalue weighted by Gasteiger charge is 2.55. The maximum atomic E-state index is 16.5. The van der Waals surface area contributed by atoms with E-state index in [1.807, 2.05) is 0 Å². The number of carbonyl (C=O) groups excluding carboxylic acids is 1. The number of imidazole rings is 2. The smallest absolute Gasteiger partial charge is 0.437 e. The normalized spacial score (nSPS) is 33.2. The van der Waals surface area contributed by atoms with Crippen LogP contribution in [0, 0.1) is 5.41 Å². The summed E-state index contributed by atoms with van der Waals surface area (Å²) >= 11 is 0. The van der Waals surface area contributed by atoms with Crippen LogP contribution in [0.2, 0.25) is 0 Å². The van der Waals surface area contributed by atoms with Gasteiger partial charge in [-0.3, -0.25) is 56.1 Å². The number of aromatic amines is 2. The Kier molecular flexibility index (Phi) is 10.2. The molecule has 7 N–H and O–H groups in total. The molecule has 0 spiro atoms. The lowest BCUT2D eigenvalue weighted by molar-refractivity contribution is -0.161. The minimum Gasteiger partial charge on any atom is -0.437 e. The molecule has 7 unspecified atom stereocenters. The van der Waals surface area contributed by atoms with Crippen LogP contribution in [0.15, 0.2) is 22.2 Å². The SMILES string of the molecule is COP1(=O)OCC2O[C@@H](n3cnc4c(=O)[nH]c(N)nc43)C(OP(=O)(OCOC(=O)C(C)(C)C)OC[C@H]3O[C@@H](n4cnc5c(=O)[nH]c(N)nc54)C(F)C3O1)C2O. The molecule has 10 atom stereocenters. The molecule has 3 aliphatic heterocycles. The number of rotatable bonds is 6. The van der Waals surface area contributed by atoms with Crippen LogP contribution in [-0.4, -0.2) is 114 Å². The average molecular weight is 821 g/mol. The van der Waals surface area contributed by atoms with Crippen LogP contribution in [-0.2, 0) is 55.3 Å². The number of hydrogen-bond donors (Lipinski definition) is 5. The Hall–Kier alpha value is -4.20. The molecule has 3 saturated heterocycles. The van der Waals surface area contributed by atoms with Crippen molar-refractivity contribution < 1.29 is 64.8 Å². The van der Waals surface area contributed by atoms with Gasteiger partial charge in [-0.2, -0.15) is 9.97 Å². The fourth-order valence-corrected chi connectivity index (χ4v) is 8.21. The maximum absolute atomic E-state index is 16.5. The number of carbonyl (C=O) groups is 1. The molecule has 300 valence electrons. The number of halogens is 1. The molecule has 2 bridgehead atoms. The summed E-state index contributed by atoms with van der Waals surface area (Å²) in [6.07, 6.45) is -11.9. The Morgan fingerprint density at radius 2 is 1.45 bits per heavy atom. The molecule has 0 aliphatic carbocycles. The largest absolute Gasteiger partial charge is 0.478 e. The van der Waals surface area contributed by atoms with E-state index >= 15 is 4.39 Å². The number of esters is 1. The minimum atomic E-state index is -5.09. The minimum absolute atomic E-state index is 0.149. The van der Waals surface area contributed by atoms with Crippen LogP contribution in [0.4, 0.5) is 16.3 Å². The number of nitrogen functional groups attached to an aromatic ring is 2. The van der Waals surface area contributed by atoms with Crippen molar-refractivity contribution in [2.45, 2.75) is 69.9 Å². The second-order valence-electron chi connectivity index (χ2n) is 13.4. The van der Waals surface area contributed by atoms with Gasteiger partial charge in [-0.25, -0.2) is 28.0 Å². The molecule has 0 aromatic carbocycles. The van der Waals surface area contributed by atoms with E-state index in [-0.39, 0.29) is 34.2 Å². The van der Waals surface area contributed by atoms with Crippen molar-refractivity contribution in [1.82, 2.24) is 39.0 Å². The highest BCUT2D eigenvalue weighted by molar-refractivity contribution is 7.48. The molecular formula is C27H35FN10O15P2. The van der Waals surface area contributed by atoms with Gasteiger partial charge in [0.1, 0.15) is 30.5 Å². The summed E-state index contributed by atoms with van der Waals surface area (Å²) in [5.41, 5.74) is 8.23. The second kappa shape index (κ2) is 14.4. The molecule has 28 heteroatoms. The van der Waals surface area contributed by atoms with Crippen molar-refractivity contribution in [1.29, 1.82) is 0 Å². The Balaban J connectivity index is 1.26. The number of H-pyrrole nitrogens is 2. The zero-order valence-electron chi connectivity index (χ0n) is 29.2. The first-order valence-electron chi connectivity index (χ1n) is 16.2. The number of nitrogens with one attached hydrogen (secondary N) is 2. The predicted molar refractivity (Wildman–Crippen MR) is 179 cm³/mol. The number of alkyl halides is 1. The quantitative estimate of drug-likeness (QED) is 0.0982. The van der Waals surface area contributed by atoms with Gasteiger partial charge in [-0.15, -0.1) is 0 Å². The number of aliphatic hydroxyl groups excluding tert-OH is 1. The number of nitrogens with two attached hydrogens (primary N) is 2. The topological polar surface area (TPSA) is 334 Å². The fraction of sp³-hybridized carbons (Fsp3) is 0.593. The lowest BCUT2D eigenvalue weighted by Crippen LogP contribution is -2.36. The van der Waals surface area contributed by atoms with E-state index < -0.39 is 107 Å². The van der Waals surface area contributed by atoms with Crippen molar-refractivity contribution in [3.05, 3.63) is 33.4 Å². The molecule has 0 amide bonds. The molecule has 7 rings (SSSR count). The van der Waals surface area contributed by atoms with Crippen LogP contribution >= 0.6 is 15.6 Å². The zero-order chi connectivity index (χ0) is 39.6. The number of aromatic nitrogens is 8. The summed E-state index contributed by atoms with van der Waals surface area (Å²) in [7, 11) is -8.92. The summed E-state index contributed by atoms with van der Waals surface area (Å²) in [6.45, 7) is 1.94. The molecule has 3 aliphatic rings. The Morgan fingerprint density at radius 3 is 2.04 bits per heavy atom. The van der Waals surface area contributed by atoms with Crippen molar-refractivity contribution in [3.8, 4) is 0 Å². The molecule has 4 aromatic heterocycles. The first-order chi connectivity index (χ1) is 25.9. The van der Waals surface area contributed by atoms with Crippen LogP contribution in [0.3, 0.4) is 0 Å². The monoisotopic (exact) mass is 820 g/mol. The van der Waals surface area contributed by atoms with Crippen LogP contribution in [0.1, 0.15) is 33.2 Å². The Labute approximate surface area is 306 Å². The molecule has 0 saturated carbocycles. The van der Waals surface area contributed by atoms with E-state index in [2.05, 4.69) is 29.9 Å². The van der Waals surface area contributed by atoms with Crippen molar-refractivity contribution in [2.75, 3.05) is 38.6 Å². The van der Waals surface area contributed by atoms with Gasteiger partial charge >= 0.3 is 21.6 Å². The summed E-state index contributed by atoms with van der Waals surface area (Å²) in [6, 6.07) is 0. The molecule has 25 nitrogen and oxygen atoms in total. The summed E-state index contributed by atoms with van der Waals surface area (Å²) < 4.78 is 97.0. The molecule has 4 aromatic rings. The molecule has 0 radical (unpaired) electrons. The second-order valence-corrected chi connectivity index (χ2v) is 16.7. The number of phosphoric acid groups is 2. The summed E-state index contributed by atoms with van der Waals surface area (Å²) in [5, 5.41) is 11.5. The van der Waals surface area contributed by atoms with Crippen molar-refractivity contribution in [3.63, 3.8) is 0 Å². The first-order valence-corrected chi connectivity index (χ1v) is 19.1. The van der Waals surface area contributed by atoms with Crippen LogP contribution in [0.5, 0.6) is 0 Å². The van der Waals surface area contributed by atoms with Gasteiger partial charge in [0, 0.05) is 7.11 Å². The Morgan fingerprint density at radius 1 is 0.927 bits per heavy atom. The third kappa shape index (κ3) is 7.42. The molecule has 7 heterocycles. The lowest BCUT2D eigenvalue weighted by Gasteiger charge is -2.28. The lowest BCUT2D eigenvalue weighted by atomic mass is 9.98. The fourth-order valence-electron chi connectivity index (χ4n) is 5.84. The first kappa shape index (κ1) is 39.1. The number of anilines is 2. The Bertz CT molecular complexity index is 2330. The molecular weight excluding hydrogens is 785 g/mol. The third-order valence-electron chi connectivity index (χ3n) is 8.56. The number of phosphoric ester groups is 2. The highest BCUT2D eigenvalue weighted by Crippen LogP contribution is 2.57. The van der Waals surface area contributed by atoms with Gasteiger partial charge in [0.05, 0.1) is 31.3 Å². The number of fused-ring (bicyclic) bond motifs is 5. The third-order valence-corrected chi connectivity index (χ3v) is 11.4. The van der Waals surface area contributed by atoms with E-state index in [9.17, 15) is 28.6 Å². The van der Waals surface area contributed by atoms with Gasteiger partial charge < -0.3 is 30.8 Å². The molecule has 3 fully saturated rings. The van der Waals surface area contributed by atoms with E-state index in [1.165, 1.54) is 0 Å². The maximum Gasteiger partial charge on any atom is 0.478 e. The van der Waals surface area contributed by atoms with Gasteiger partial charge in [-0.1, -0.05) is 0 Å². The standard InChI is InChI=1S/C27H35FN10O15P2/c1-27(2,3)24(42)46-9-49-55(44)48-6-11-16(12(28)22(51-11)37-7-31-13-18(37)33-25(29)35-20(13)40)52-54(43,45-4)47-5-10-15(39)17(53-55)23(50-10)38-8-32-14-19(38)34-26(30)36-21(14)41/h7-8,10-12,15-17,22-23,39H,5-6,9H2,1-4H3,(H3,29,33,35,40)(H3,30,34,36,41)/t10?,11-,12?,15?,16?,17?,22-,23-,54?,55?/m1/s1. The van der Waals surface area contributed by atoms with E-state index in [0.717, 1.165) is 28.9 Å².